The van der Waals surface area contributed by atoms with E-state index >= 15 is 0 Å². The summed E-state index contributed by atoms with van der Waals surface area (Å²) >= 11 is 0. The molecule has 4 rings (SSSR count). The molecule has 0 aliphatic carbocycles. The van der Waals surface area contributed by atoms with Crippen LogP contribution in [0.25, 0.3) is 10.9 Å². The second-order valence-electron chi connectivity index (χ2n) is 7.09. The van der Waals surface area contributed by atoms with Gasteiger partial charge in [0, 0.05) is 44.7 Å². The van der Waals surface area contributed by atoms with Gasteiger partial charge in [-0.15, -0.1) is 0 Å². The Labute approximate surface area is 158 Å². The minimum atomic E-state index is 0.211. The van der Waals surface area contributed by atoms with Gasteiger partial charge in [0.2, 0.25) is 5.91 Å². The van der Waals surface area contributed by atoms with Crippen molar-refractivity contribution >= 4 is 22.6 Å². The largest absolute Gasteiger partial charge is 0.383 e. The molecule has 1 aromatic carbocycles. The molecule has 2 aliphatic rings. The van der Waals surface area contributed by atoms with Crippen LogP contribution >= 0.6 is 0 Å². The predicted octanol–water partition coefficient (Wildman–Crippen LogP) is 0.188. The Bertz CT molecular complexity index is 800. The molecule has 0 atom stereocenters. The Balaban J connectivity index is 1.31. The third-order valence-corrected chi connectivity index (χ3v) is 5.23. The Morgan fingerprint density at radius 2 is 1.74 bits per heavy atom. The number of hydrogen-bond donors (Lipinski definition) is 1. The van der Waals surface area contributed by atoms with Gasteiger partial charge in [-0.25, -0.2) is 9.97 Å². The lowest BCUT2D eigenvalue weighted by Gasteiger charge is -2.36. The molecular formula is C19H26N6O2. The molecule has 2 aromatic rings. The average molecular weight is 370 g/mol. The molecule has 8 nitrogen and oxygen atoms in total. The zero-order chi connectivity index (χ0) is 18.6. The first-order valence-electron chi connectivity index (χ1n) is 9.50. The van der Waals surface area contributed by atoms with E-state index in [0.717, 1.165) is 69.2 Å². The number of rotatable bonds is 4. The fourth-order valence-electron chi connectivity index (χ4n) is 3.63. The molecule has 3 heterocycles. The number of hydrogen-bond acceptors (Lipinski definition) is 7. The molecule has 0 spiro atoms. The Morgan fingerprint density at radius 3 is 2.52 bits per heavy atom. The van der Waals surface area contributed by atoms with Gasteiger partial charge in [0.15, 0.2) is 0 Å². The topological polar surface area (TPSA) is 87.8 Å². The number of amides is 1. The minimum absolute atomic E-state index is 0.211. The zero-order valence-electron chi connectivity index (χ0n) is 15.5. The highest BCUT2D eigenvalue weighted by Crippen LogP contribution is 2.18. The molecule has 2 fully saturated rings. The van der Waals surface area contributed by atoms with Crippen LogP contribution in [0.3, 0.4) is 0 Å². The second-order valence-corrected chi connectivity index (χ2v) is 7.09. The number of fused-ring (bicyclic) bond motifs is 1. The summed E-state index contributed by atoms with van der Waals surface area (Å²) in [4.78, 5) is 28.0. The van der Waals surface area contributed by atoms with E-state index in [1.807, 2.05) is 29.2 Å². The number of anilines is 1. The number of benzene rings is 1. The quantitative estimate of drug-likeness (QED) is 0.822. The number of aromatic nitrogens is 2. The highest BCUT2D eigenvalue weighted by molar-refractivity contribution is 5.87. The van der Waals surface area contributed by atoms with Crippen LogP contribution in [0, 0.1) is 0 Å². The van der Waals surface area contributed by atoms with Crippen molar-refractivity contribution in [3.05, 3.63) is 30.1 Å². The standard InChI is InChI=1S/C19H26N6O2/c20-19-15-3-1-2-4-16(15)21-17(22-19)13-23-5-7-25(8-6-23)18(26)14-24-9-11-27-12-10-24/h1-4H,5-14H2,(H2,20,21,22). The van der Waals surface area contributed by atoms with Crippen molar-refractivity contribution in [3.63, 3.8) is 0 Å². The third-order valence-electron chi connectivity index (χ3n) is 5.23. The summed E-state index contributed by atoms with van der Waals surface area (Å²) in [6.45, 7) is 7.40. The SMILES string of the molecule is Nc1nc(CN2CCN(C(=O)CN3CCOCC3)CC2)nc2ccccc12. The van der Waals surface area contributed by atoms with Crippen LogP contribution < -0.4 is 5.73 Å². The number of piperazine rings is 1. The Morgan fingerprint density at radius 1 is 1.00 bits per heavy atom. The number of nitrogen functional groups attached to an aromatic ring is 1. The number of carbonyl (C=O) groups excluding carboxylic acids is 1. The van der Waals surface area contributed by atoms with Crippen LogP contribution in [0.4, 0.5) is 5.82 Å². The van der Waals surface area contributed by atoms with Gasteiger partial charge in [-0.3, -0.25) is 14.6 Å². The molecular weight excluding hydrogens is 344 g/mol. The van der Waals surface area contributed by atoms with Crippen LogP contribution in [0.1, 0.15) is 5.82 Å². The third kappa shape index (κ3) is 4.35. The highest BCUT2D eigenvalue weighted by atomic mass is 16.5. The minimum Gasteiger partial charge on any atom is -0.383 e. The molecule has 0 saturated carbocycles. The summed E-state index contributed by atoms with van der Waals surface area (Å²) < 4.78 is 5.34. The molecule has 2 saturated heterocycles. The van der Waals surface area contributed by atoms with E-state index < -0.39 is 0 Å². The van der Waals surface area contributed by atoms with Crippen molar-refractivity contribution in [2.24, 2.45) is 0 Å². The molecule has 0 radical (unpaired) electrons. The van der Waals surface area contributed by atoms with E-state index in [4.69, 9.17) is 10.5 Å². The van der Waals surface area contributed by atoms with E-state index in [1.54, 1.807) is 0 Å². The molecule has 0 bridgehead atoms. The summed E-state index contributed by atoms with van der Waals surface area (Å²) in [6, 6.07) is 7.79. The first-order valence-corrected chi connectivity index (χ1v) is 9.50. The van der Waals surface area contributed by atoms with E-state index in [2.05, 4.69) is 19.8 Å². The van der Waals surface area contributed by atoms with Gasteiger partial charge in [0.1, 0.15) is 11.6 Å². The van der Waals surface area contributed by atoms with Crippen molar-refractivity contribution in [3.8, 4) is 0 Å². The Kier molecular flexibility index (Phi) is 5.47. The van der Waals surface area contributed by atoms with Gasteiger partial charge < -0.3 is 15.4 Å². The van der Waals surface area contributed by atoms with E-state index in [0.29, 0.717) is 18.9 Å². The second kappa shape index (κ2) is 8.16. The van der Waals surface area contributed by atoms with Crippen molar-refractivity contribution in [1.82, 2.24) is 24.7 Å². The van der Waals surface area contributed by atoms with Crippen LogP contribution in [0.5, 0.6) is 0 Å². The maximum absolute atomic E-state index is 12.5. The summed E-state index contributed by atoms with van der Waals surface area (Å²) in [5.41, 5.74) is 6.95. The molecule has 2 N–H and O–H groups in total. The number of nitrogens with zero attached hydrogens (tertiary/aromatic N) is 5. The molecule has 1 amide bonds. The number of para-hydroxylation sites is 1. The summed E-state index contributed by atoms with van der Waals surface area (Å²) in [6.07, 6.45) is 0. The highest BCUT2D eigenvalue weighted by Gasteiger charge is 2.24. The summed E-state index contributed by atoms with van der Waals surface area (Å²) in [5, 5.41) is 0.889. The Hall–Kier alpha value is -2.29. The molecule has 144 valence electrons. The van der Waals surface area contributed by atoms with Gasteiger partial charge in [0.25, 0.3) is 0 Å². The maximum Gasteiger partial charge on any atom is 0.236 e. The lowest BCUT2D eigenvalue weighted by atomic mass is 10.2. The zero-order valence-corrected chi connectivity index (χ0v) is 15.5. The van der Waals surface area contributed by atoms with E-state index in [9.17, 15) is 4.79 Å². The van der Waals surface area contributed by atoms with Crippen LogP contribution in [-0.4, -0.2) is 89.6 Å². The fraction of sp³-hybridized carbons (Fsp3) is 0.526. The van der Waals surface area contributed by atoms with Crippen LogP contribution in [0.15, 0.2) is 24.3 Å². The lowest BCUT2D eigenvalue weighted by Crippen LogP contribution is -2.52. The number of nitrogens with two attached hydrogens (primary N) is 1. The first kappa shape index (κ1) is 18.1. The van der Waals surface area contributed by atoms with Crippen molar-refractivity contribution in [2.45, 2.75) is 6.54 Å². The predicted molar refractivity (Wildman–Crippen MR) is 103 cm³/mol. The number of morpholine rings is 1. The van der Waals surface area contributed by atoms with Gasteiger partial charge in [-0.2, -0.15) is 0 Å². The van der Waals surface area contributed by atoms with Gasteiger partial charge >= 0.3 is 0 Å². The number of carbonyl (C=O) groups is 1. The average Bonchev–Trinajstić information content (AvgIpc) is 2.69. The van der Waals surface area contributed by atoms with Gasteiger partial charge in [-0.05, 0) is 12.1 Å². The van der Waals surface area contributed by atoms with Gasteiger partial charge in [-0.1, -0.05) is 12.1 Å². The van der Waals surface area contributed by atoms with Crippen LogP contribution in [0.2, 0.25) is 0 Å². The molecule has 2 aliphatic heterocycles. The van der Waals surface area contributed by atoms with Crippen molar-refractivity contribution in [1.29, 1.82) is 0 Å². The molecule has 27 heavy (non-hydrogen) atoms. The van der Waals surface area contributed by atoms with E-state index in [1.165, 1.54) is 0 Å². The maximum atomic E-state index is 12.5. The monoisotopic (exact) mass is 370 g/mol. The molecule has 8 heteroatoms. The number of ether oxygens (including phenoxy) is 1. The smallest absolute Gasteiger partial charge is 0.236 e. The van der Waals surface area contributed by atoms with Crippen molar-refractivity contribution in [2.75, 3.05) is 64.8 Å². The summed E-state index contributed by atoms with van der Waals surface area (Å²) in [5.74, 6) is 1.47. The normalized spacial score (nSPS) is 19.5. The van der Waals surface area contributed by atoms with E-state index in [-0.39, 0.29) is 5.91 Å². The van der Waals surface area contributed by atoms with Crippen molar-refractivity contribution < 1.29 is 9.53 Å². The van der Waals surface area contributed by atoms with Gasteiger partial charge in [0.05, 0.1) is 31.8 Å². The first-order chi connectivity index (χ1) is 13.2. The molecule has 1 aromatic heterocycles. The van der Waals surface area contributed by atoms with Crippen LogP contribution in [-0.2, 0) is 16.1 Å². The summed E-state index contributed by atoms with van der Waals surface area (Å²) in [7, 11) is 0. The lowest BCUT2D eigenvalue weighted by molar-refractivity contribution is -0.135. The fourth-order valence-corrected chi connectivity index (χ4v) is 3.63. The molecule has 0 unspecified atom stereocenters.